The number of carbonyl (C=O) groups excluding carboxylic acids is 2. The number of hydrogen-bond acceptors (Lipinski definition) is 4. The van der Waals surface area contributed by atoms with Crippen molar-refractivity contribution in [2.24, 2.45) is 0 Å². The Morgan fingerprint density at radius 2 is 2.18 bits per heavy atom. The van der Waals surface area contributed by atoms with Gasteiger partial charge in [0.05, 0.1) is 5.56 Å². The Balaban J connectivity index is 1.93. The van der Waals surface area contributed by atoms with Crippen LogP contribution in [0.3, 0.4) is 0 Å². The van der Waals surface area contributed by atoms with Gasteiger partial charge in [-0.2, -0.15) is 11.3 Å². The molecular formula is C16H24N2O3S. The van der Waals surface area contributed by atoms with Gasteiger partial charge in [-0.25, -0.2) is 4.79 Å². The van der Waals surface area contributed by atoms with Crippen LogP contribution in [0.25, 0.3) is 0 Å². The van der Waals surface area contributed by atoms with E-state index in [2.05, 4.69) is 5.32 Å². The standard InChI is InChI=1S/C16H24N2O3S/c1-16(2,3)21-15(20)17-10-13-6-4-5-8-18(13)14(19)12-7-9-22-11-12/h7,9,11,13H,4-6,8,10H2,1-3H3,(H,17,20)/t13-/m0/s1. The van der Waals surface area contributed by atoms with Crippen molar-refractivity contribution in [1.82, 2.24) is 10.2 Å². The Hall–Kier alpha value is -1.56. The predicted octanol–water partition coefficient (Wildman–Crippen LogP) is 3.27. The second-order valence-corrected chi connectivity index (χ2v) is 7.32. The number of ether oxygens (including phenoxy) is 1. The molecule has 1 aliphatic heterocycles. The highest BCUT2D eigenvalue weighted by atomic mass is 32.1. The molecule has 1 aromatic rings. The van der Waals surface area contributed by atoms with Crippen molar-refractivity contribution in [3.05, 3.63) is 22.4 Å². The van der Waals surface area contributed by atoms with Gasteiger partial charge < -0.3 is 15.0 Å². The highest BCUT2D eigenvalue weighted by Crippen LogP contribution is 2.20. The lowest BCUT2D eigenvalue weighted by atomic mass is 10.0. The summed E-state index contributed by atoms with van der Waals surface area (Å²) < 4.78 is 5.24. The Bertz CT molecular complexity index is 508. The third-order valence-electron chi connectivity index (χ3n) is 3.54. The first-order valence-corrected chi connectivity index (χ1v) is 8.61. The SMILES string of the molecule is CC(C)(C)OC(=O)NC[C@@H]1CCCCN1C(=O)c1ccsc1. The molecule has 5 nitrogen and oxygen atoms in total. The summed E-state index contributed by atoms with van der Waals surface area (Å²) >= 11 is 1.52. The Morgan fingerprint density at radius 1 is 1.41 bits per heavy atom. The first kappa shape index (κ1) is 16.8. The molecule has 1 aromatic heterocycles. The first-order chi connectivity index (χ1) is 10.4. The van der Waals surface area contributed by atoms with E-state index in [-0.39, 0.29) is 11.9 Å². The summed E-state index contributed by atoms with van der Waals surface area (Å²) in [7, 11) is 0. The fourth-order valence-corrected chi connectivity index (χ4v) is 3.18. The molecule has 1 fully saturated rings. The summed E-state index contributed by atoms with van der Waals surface area (Å²) in [5.74, 6) is 0.0527. The molecule has 122 valence electrons. The predicted molar refractivity (Wildman–Crippen MR) is 87.2 cm³/mol. The van der Waals surface area contributed by atoms with Crippen LogP contribution in [0.4, 0.5) is 4.79 Å². The minimum Gasteiger partial charge on any atom is -0.444 e. The van der Waals surface area contributed by atoms with Crippen molar-refractivity contribution in [1.29, 1.82) is 0 Å². The molecule has 2 rings (SSSR count). The molecule has 2 heterocycles. The average Bonchev–Trinajstić information content (AvgIpc) is 2.97. The molecule has 0 saturated carbocycles. The maximum Gasteiger partial charge on any atom is 0.407 e. The summed E-state index contributed by atoms with van der Waals surface area (Å²) in [5.41, 5.74) is 0.220. The van der Waals surface area contributed by atoms with Crippen LogP contribution in [-0.4, -0.2) is 41.6 Å². The number of hydrogen-bond donors (Lipinski definition) is 1. The van der Waals surface area contributed by atoms with Crippen molar-refractivity contribution in [2.75, 3.05) is 13.1 Å². The van der Waals surface area contributed by atoms with E-state index in [4.69, 9.17) is 4.74 Å². The van der Waals surface area contributed by atoms with Crippen molar-refractivity contribution in [3.8, 4) is 0 Å². The van der Waals surface area contributed by atoms with E-state index in [1.165, 1.54) is 11.3 Å². The lowest BCUT2D eigenvalue weighted by Gasteiger charge is -2.35. The van der Waals surface area contributed by atoms with Crippen LogP contribution in [-0.2, 0) is 4.74 Å². The largest absolute Gasteiger partial charge is 0.444 e. The zero-order valence-electron chi connectivity index (χ0n) is 13.4. The topological polar surface area (TPSA) is 58.6 Å². The van der Waals surface area contributed by atoms with Crippen molar-refractivity contribution in [2.45, 2.75) is 51.7 Å². The summed E-state index contributed by atoms with van der Waals surface area (Å²) in [6.45, 7) is 6.68. The third kappa shape index (κ3) is 4.73. The molecular weight excluding hydrogens is 300 g/mol. The Labute approximate surface area is 135 Å². The number of thiophene rings is 1. The molecule has 0 radical (unpaired) electrons. The normalized spacial score (nSPS) is 18.9. The van der Waals surface area contributed by atoms with Crippen LogP contribution in [0.2, 0.25) is 0 Å². The molecule has 2 amide bonds. The van der Waals surface area contributed by atoms with Crippen LogP contribution < -0.4 is 5.32 Å². The van der Waals surface area contributed by atoms with Gasteiger partial charge in [-0.05, 0) is 51.5 Å². The number of nitrogens with zero attached hydrogens (tertiary/aromatic N) is 1. The van der Waals surface area contributed by atoms with Gasteiger partial charge in [0.25, 0.3) is 5.91 Å². The second-order valence-electron chi connectivity index (χ2n) is 6.54. The zero-order valence-corrected chi connectivity index (χ0v) is 14.2. The van der Waals surface area contributed by atoms with Crippen LogP contribution in [0.5, 0.6) is 0 Å². The number of alkyl carbamates (subject to hydrolysis) is 1. The molecule has 1 saturated heterocycles. The summed E-state index contributed by atoms with van der Waals surface area (Å²) in [5, 5.41) is 6.56. The fourth-order valence-electron chi connectivity index (χ4n) is 2.55. The molecule has 6 heteroatoms. The minimum atomic E-state index is -0.511. The molecule has 0 unspecified atom stereocenters. The van der Waals surface area contributed by atoms with Gasteiger partial charge in [0, 0.05) is 24.5 Å². The smallest absolute Gasteiger partial charge is 0.407 e. The van der Waals surface area contributed by atoms with Gasteiger partial charge in [-0.3, -0.25) is 4.79 Å². The molecule has 1 atom stereocenters. The van der Waals surface area contributed by atoms with Gasteiger partial charge in [-0.15, -0.1) is 0 Å². The highest BCUT2D eigenvalue weighted by molar-refractivity contribution is 7.08. The highest BCUT2D eigenvalue weighted by Gasteiger charge is 2.28. The first-order valence-electron chi connectivity index (χ1n) is 7.67. The van der Waals surface area contributed by atoms with E-state index in [0.29, 0.717) is 6.54 Å². The van der Waals surface area contributed by atoms with Gasteiger partial charge in [-0.1, -0.05) is 0 Å². The summed E-state index contributed by atoms with van der Waals surface area (Å²) in [4.78, 5) is 26.2. The molecule has 0 aromatic carbocycles. The summed E-state index contributed by atoms with van der Waals surface area (Å²) in [6.07, 6.45) is 2.57. The Kier molecular flexibility index (Phi) is 5.45. The number of carbonyl (C=O) groups is 2. The maximum atomic E-state index is 12.5. The fraction of sp³-hybridized carbons (Fsp3) is 0.625. The number of piperidine rings is 1. The molecule has 22 heavy (non-hydrogen) atoms. The maximum absolute atomic E-state index is 12.5. The van der Waals surface area contributed by atoms with Gasteiger partial charge in [0.2, 0.25) is 0 Å². The minimum absolute atomic E-state index is 0.0358. The lowest BCUT2D eigenvalue weighted by Crippen LogP contribution is -2.49. The monoisotopic (exact) mass is 324 g/mol. The van der Waals surface area contributed by atoms with Gasteiger partial charge in [0.15, 0.2) is 0 Å². The quantitative estimate of drug-likeness (QED) is 0.928. The second kappa shape index (κ2) is 7.13. The molecule has 1 aliphatic rings. The number of rotatable bonds is 3. The molecule has 0 bridgehead atoms. The van der Waals surface area contributed by atoms with E-state index >= 15 is 0 Å². The Morgan fingerprint density at radius 3 is 2.82 bits per heavy atom. The lowest BCUT2D eigenvalue weighted by molar-refractivity contribution is 0.0462. The number of nitrogens with one attached hydrogen (secondary N) is 1. The van der Waals surface area contributed by atoms with Crippen LogP contribution in [0.15, 0.2) is 16.8 Å². The summed E-state index contributed by atoms with van der Waals surface area (Å²) in [6, 6.07) is 1.88. The number of likely N-dealkylation sites (tertiary alicyclic amines) is 1. The number of amides is 2. The van der Waals surface area contributed by atoms with Gasteiger partial charge >= 0.3 is 6.09 Å². The van der Waals surface area contributed by atoms with E-state index in [1.54, 1.807) is 0 Å². The van der Waals surface area contributed by atoms with Gasteiger partial charge in [0.1, 0.15) is 5.60 Å². The third-order valence-corrected chi connectivity index (χ3v) is 4.22. The molecule has 1 N–H and O–H groups in total. The molecule has 0 spiro atoms. The van der Waals surface area contributed by atoms with E-state index in [9.17, 15) is 9.59 Å². The van der Waals surface area contributed by atoms with E-state index in [0.717, 1.165) is 31.4 Å². The van der Waals surface area contributed by atoms with Crippen molar-refractivity contribution in [3.63, 3.8) is 0 Å². The zero-order chi connectivity index (χ0) is 16.2. The van der Waals surface area contributed by atoms with Crippen LogP contribution in [0, 0.1) is 0 Å². The van der Waals surface area contributed by atoms with Crippen LogP contribution >= 0.6 is 11.3 Å². The van der Waals surface area contributed by atoms with Crippen LogP contribution in [0.1, 0.15) is 50.4 Å². The van der Waals surface area contributed by atoms with Crippen molar-refractivity contribution < 1.29 is 14.3 Å². The molecule has 0 aliphatic carbocycles. The van der Waals surface area contributed by atoms with E-state index < -0.39 is 11.7 Å². The average molecular weight is 324 g/mol. The van der Waals surface area contributed by atoms with Crippen molar-refractivity contribution >= 4 is 23.3 Å². The van der Waals surface area contributed by atoms with E-state index in [1.807, 2.05) is 42.5 Å².